The topological polar surface area (TPSA) is 35.0 Å². The highest BCUT2D eigenvalue weighted by molar-refractivity contribution is 14.1. The van der Waals surface area contributed by atoms with Crippen molar-refractivity contribution in [2.24, 2.45) is 0 Å². The Balaban J connectivity index is 2.15. The molecule has 0 N–H and O–H groups in total. The smallest absolute Gasteiger partial charge is 0.299 e. The third kappa shape index (κ3) is 2.42. The van der Waals surface area contributed by atoms with Gasteiger partial charge in [0.05, 0.1) is 0 Å². The molecule has 2 rings (SSSR count). The fraction of sp³-hybridized carbons (Fsp3) is 0.111. The lowest BCUT2D eigenvalue weighted by atomic mass is 10.3. The first-order valence-electron chi connectivity index (χ1n) is 3.97. The van der Waals surface area contributed by atoms with Gasteiger partial charge < -0.3 is 4.74 Å². The molecule has 0 atom stereocenters. The number of ether oxygens (including phenoxy) is 1. The van der Waals surface area contributed by atoms with Crippen LogP contribution >= 0.6 is 33.9 Å². The summed E-state index contributed by atoms with van der Waals surface area (Å²) < 4.78 is 6.68. The van der Waals surface area contributed by atoms with Crippen molar-refractivity contribution < 1.29 is 4.74 Å². The molecule has 0 saturated carbocycles. The van der Waals surface area contributed by atoms with E-state index in [2.05, 4.69) is 32.8 Å². The van der Waals surface area contributed by atoms with E-state index in [9.17, 15) is 0 Å². The zero-order valence-corrected chi connectivity index (χ0v) is 10.4. The number of rotatable bonds is 2. The lowest BCUT2D eigenvalue weighted by Gasteiger charge is -1.99. The number of aryl methyl sites for hydroxylation is 1. The van der Waals surface area contributed by atoms with E-state index in [0.717, 1.165) is 10.8 Å². The second-order valence-corrected chi connectivity index (χ2v) is 5.03. The molecule has 1 aromatic heterocycles. The van der Waals surface area contributed by atoms with Gasteiger partial charge in [0.1, 0.15) is 10.8 Å². The van der Waals surface area contributed by atoms with Gasteiger partial charge in [-0.2, -0.15) is 0 Å². The van der Waals surface area contributed by atoms with Crippen molar-refractivity contribution in [3.8, 4) is 10.9 Å². The second-order valence-electron chi connectivity index (χ2n) is 2.64. The number of benzene rings is 1. The Bertz CT molecular complexity index is 427. The number of hydrogen-bond donors (Lipinski definition) is 0. The Morgan fingerprint density at radius 3 is 2.50 bits per heavy atom. The lowest BCUT2D eigenvalue weighted by molar-refractivity contribution is 0.473. The van der Waals surface area contributed by atoms with Crippen LogP contribution in [0, 0.1) is 10.5 Å². The Morgan fingerprint density at radius 2 is 1.93 bits per heavy atom. The molecule has 3 nitrogen and oxygen atoms in total. The molecule has 0 bridgehead atoms. The maximum absolute atomic E-state index is 5.50. The van der Waals surface area contributed by atoms with Gasteiger partial charge >= 0.3 is 0 Å². The second kappa shape index (κ2) is 4.22. The summed E-state index contributed by atoms with van der Waals surface area (Å²) in [6.45, 7) is 1.90. The van der Waals surface area contributed by atoms with Crippen LogP contribution in [0.25, 0.3) is 0 Å². The molecule has 0 amide bonds. The first-order valence-corrected chi connectivity index (χ1v) is 5.87. The van der Waals surface area contributed by atoms with Crippen molar-refractivity contribution in [3.63, 3.8) is 0 Å². The van der Waals surface area contributed by atoms with Crippen molar-refractivity contribution >= 4 is 33.9 Å². The van der Waals surface area contributed by atoms with Gasteiger partial charge in [0.15, 0.2) is 0 Å². The van der Waals surface area contributed by atoms with Gasteiger partial charge in [0.25, 0.3) is 5.19 Å². The normalized spacial score (nSPS) is 10.1. The van der Waals surface area contributed by atoms with E-state index in [1.807, 2.05) is 31.2 Å². The van der Waals surface area contributed by atoms with Crippen LogP contribution in [0.4, 0.5) is 0 Å². The average Bonchev–Trinajstić information content (AvgIpc) is 2.56. The molecule has 0 aliphatic heterocycles. The molecule has 0 aliphatic carbocycles. The Kier molecular flexibility index (Phi) is 2.97. The molecule has 0 radical (unpaired) electrons. The van der Waals surface area contributed by atoms with E-state index >= 15 is 0 Å². The highest BCUT2D eigenvalue weighted by Gasteiger charge is 2.02. The molecule has 5 heteroatoms. The summed E-state index contributed by atoms with van der Waals surface area (Å²) >= 11 is 3.69. The number of nitrogens with zero attached hydrogens (tertiary/aromatic N) is 2. The predicted molar refractivity (Wildman–Crippen MR) is 63.9 cm³/mol. The molecular formula is C9H7IN2OS. The SMILES string of the molecule is Cc1nnc(Oc2ccc(I)cc2)s1. The summed E-state index contributed by atoms with van der Waals surface area (Å²) in [7, 11) is 0. The van der Waals surface area contributed by atoms with Crippen LogP contribution in [0.5, 0.6) is 10.9 Å². The number of aromatic nitrogens is 2. The van der Waals surface area contributed by atoms with Crippen LogP contribution < -0.4 is 4.74 Å². The Labute approximate surface area is 99.3 Å². The first-order chi connectivity index (χ1) is 6.74. The molecule has 14 heavy (non-hydrogen) atoms. The molecule has 0 saturated heterocycles. The summed E-state index contributed by atoms with van der Waals surface area (Å²) in [5.74, 6) is 0.793. The minimum atomic E-state index is 0.587. The van der Waals surface area contributed by atoms with E-state index in [4.69, 9.17) is 4.74 Å². The number of hydrogen-bond acceptors (Lipinski definition) is 4. The van der Waals surface area contributed by atoms with E-state index in [-0.39, 0.29) is 0 Å². The highest BCUT2D eigenvalue weighted by Crippen LogP contribution is 2.24. The van der Waals surface area contributed by atoms with Gasteiger partial charge in [-0.05, 0) is 53.8 Å². The Morgan fingerprint density at radius 1 is 1.21 bits per heavy atom. The van der Waals surface area contributed by atoms with Gasteiger partial charge in [0.2, 0.25) is 0 Å². The molecule has 0 unspecified atom stereocenters. The maximum atomic E-state index is 5.50. The van der Waals surface area contributed by atoms with Gasteiger partial charge in [-0.25, -0.2) is 0 Å². The van der Waals surface area contributed by atoms with Crippen LogP contribution in [0.2, 0.25) is 0 Å². The number of halogens is 1. The molecule has 2 aromatic rings. The van der Waals surface area contributed by atoms with Crippen LogP contribution in [0.1, 0.15) is 5.01 Å². The minimum absolute atomic E-state index is 0.587. The monoisotopic (exact) mass is 318 g/mol. The van der Waals surface area contributed by atoms with Crippen LogP contribution in [0.15, 0.2) is 24.3 Å². The van der Waals surface area contributed by atoms with Gasteiger partial charge in [-0.15, -0.1) is 5.10 Å². The van der Waals surface area contributed by atoms with E-state index in [1.165, 1.54) is 14.9 Å². The van der Waals surface area contributed by atoms with Gasteiger partial charge in [-0.1, -0.05) is 16.4 Å². The molecule has 0 spiro atoms. The molecule has 0 aliphatic rings. The third-order valence-corrected chi connectivity index (χ3v) is 2.96. The zero-order valence-electron chi connectivity index (χ0n) is 7.40. The summed E-state index contributed by atoms with van der Waals surface area (Å²) in [5, 5.41) is 9.24. The largest absolute Gasteiger partial charge is 0.430 e. The predicted octanol–water partition coefficient (Wildman–Crippen LogP) is 3.24. The summed E-state index contributed by atoms with van der Waals surface area (Å²) in [6.07, 6.45) is 0. The Hall–Kier alpha value is -0.690. The van der Waals surface area contributed by atoms with E-state index < -0.39 is 0 Å². The summed E-state index contributed by atoms with van der Waals surface area (Å²) in [5.41, 5.74) is 0. The fourth-order valence-electron chi connectivity index (χ4n) is 0.923. The highest BCUT2D eigenvalue weighted by atomic mass is 127. The standard InChI is InChI=1S/C9H7IN2OS/c1-6-11-12-9(14-6)13-8-4-2-7(10)3-5-8/h2-5H,1H3. The van der Waals surface area contributed by atoms with Crippen LogP contribution in [0.3, 0.4) is 0 Å². The lowest BCUT2D eigenvalue weighted by Crippen LogP contribution is -1.82. The summed E-state index contributed by atoms with van der Waals surface area (Å²) in [6, 6.07) is 7.81. The molecular weight excluding hydrogens is 311 g/mol. The molecule has 1 aromatic carbocycles. The van der Waals surface area contributed by atoms with E-state index in [0.29, 0.717) is 5.19 Å². The molecule has 0 fully saturated rings. The zero-order chi connectivity index (χ0) is 9.97. The quantitative estimate of drug-likeness (QED) is 0.798. The average molecular weight is 318 g/mol. The van der Waals surface area contributed by atoms with Crippen molar-refractivity contribution in [3.05, 3.63) is 32.8 Å². The van der Waals surface area contributed by atoms with Crippen molar-refractivity contribution in [2.45, 2.75) is 6.92 Å². The van der Waals surface area contributed by atoms with E-state index in [1.54, 1.807) is 0 Å². The molecule has 72 valence electrons. The van der Waals surface area contributed by atoms with Crippen LogP contribution in [-0.2, 0) is 0 Å². The van der Waals surface area contributed by atoms with Crippen molar-refractivity contribution in [1.82, 2.24) is 10.2 Å². The molecule has 1 heterocycles. The van der Waals surface area contributed by atoms with Gasteiger partial charge in [-0.3, -0.25) is 0 Å². The van der Waals surface area contributed by atoms with Gasteiger partial charge in [0, 0.05) is 3.57 Å². The first kappa shape index (κ1) is 9.85. The maximum Gasteiger partial charge on any atom is 0.299 e. The summed E-state index contributed by atoms with van der Waals surface area (Å²) in [4.78, 5) is 0. The van der Waals surface area contributed by atoms with Crippen molar-refractivity contribution in [1.29, 1.82) is 0 Å². The van der Waals surface area contributed by atoms with Crippen LogP contribution in [-0.4, -0.2) is 10.2 Å². The van der Waals surface area contributed by atoms with Crippen molar-refractivity contribution in [2.75, 3.05) is 0 Å². The third-order valence-electron chi connectivity index (χ3n) is 1.53. The fourth-order valence-corrected chi connectivity index (χ4v) is 1.84. The minimum Gasteiger partial charge on any atom is -0.430 e.